The predicted molar refractivity (Wildman–Crippen MR) is 189 cm³/mol. The van der Waals surface area contributed by atoms with Crippen LogP contribution in [-0.4, -0.2) is 87.0 Å². The number of nitrogens with zero attached hydrogens (tertiary/aromatic N) is 4. The second-order valence-electron chi connectivity index (χ2n) is 13.9. The molecule has 2 fully saturated rings. The molecule has 1 unspecified atom stereocenters. The lowest BCUT2D eigenvalue weighted by atomic mass is 9.74. The molecule has 0 saturated carbocycles. The van der Waals surface area contributed by atoms with Crippen molar-refractivity contribution in [3.05, 3.63) is 84.5 Å². The van der Waals surface area contributed by atoms with Gasteiger partial charge in [-0.2, -0.15) is 0 Å². The fraction of sp³-hybridized carbons (Fsp3) is 0.500. The number of fused-ring (bicyclic) bond motifs is 2. The summed E-state index contributed by atoms with van der Waals surface area (Å²) in [6.45, 7) is 13.2. The van der Waals surface area contributed by atoms with Crippen molar-refractivity contribution in [2.24, 2.45) is 17.8 Å². The SMILES string of the molecule is CCN(CC)c1ccc(N2CC=C[C@]34S[C@@]5(C)C=CCN(Cc6ccccc6)C(=O)[C@H]5[C@H]3C(=O)N([C@@H](CO)CC(C)C)C4C2=O)cc1. The Kier molecular flexibility index (Phi) is 9.33. The number of carbonyl (C=O) groups is 3. The molecule has 0 bridgehead atoms. The third-order valence-electron chi connectivity index (χ3n) is 10.4. The van der Waals surface area contributed by atoms with Crippen LogP contribution >= 0.6 is 11.8 Å². The van der Waals surface area contributed by atoms with Gasteiger partial charge >= 0.3 is 0 Å². The fourth-order valence-electron chi connectivity index (χ4n) is 8.33. The summed E-state index contributed by atoms with van der Waals surface area (Å²) in [4.78, 5) is 52.1. The third-order valence-corrected chi connectivity index (χ3v) is 12.2. The number of carbonyl (C=O) groups excluding carboxylic acids is 3. The monoisotopic (exact) mass is 656 g/mol. The minimum atomic E-state index is -0.969. The van der Waals surface area contributed by atoms with Crippen molar-refractivity contribution in [3.8, 4) is 0 Å². The Labute approximate surface area is 283 Å². The first-order valence-electron chi connectivity index (χ1n) is 17.1. The summed E-state index contributed by atoms with van der Waals surface area (Å²) >= 11 is 1.59. The predicted octanol–water partition coefficient (Wildman–Crippen LogP) is 5.13. The molecule has 2 saturated heterocycles. The number of aliphatic hydroxyl groups is 1. The van der Waals surface area contributed by atoms with Crippen molar-refractivity contribution >= 4 is 40.9 Å². The quantitative estimate of drug-likeness (QED) is 0.357. The molecule has 9 heteroatoms. The number of aliphatic hydroxyl groups excluding tert-OH is 1. The molecule has 4 aliphatic heterocycles. The summed E-state index contributed by atoms with van der Waals surface area (Å²) in [6, 6.07) is 16.6. The minimum Gasteiger partial charge on any atom is -0.394 e. The second-order valence-corrected chi connectivity index (χ2v) is 15.6. The number of amides is 3. The lowest BCUT2D eigenvalue weighted by Crippen LogP contribution is -2.57. The molecule has 4 heterocycles. The van der Waals surface area contributed by atoms with E-state index in [1.54, 1.807) is 21.6 Å². The zero-order valence-corrected chi connectivity index (χ0v) is 29.0. The van der Waals surface area contributed by atoms with Crippen molar-refractivity contribution in [2.75, 3.05) is 42.6 Å². The van der Waals surface area contributed by atoms with E-state index in [-0.39, 0.29) is 30.2 Å². The van der Waals surface area contributed by atoms with Gasteiger partial charge in [0.15, 0.2) is 0 Å². The number of anilines is 2. The Bertz CT molecular complexity index is 1540. The van der Waals surface area contributed by atoms with Crippen molar-refractivity contribution in [2.45, 2.75) is 69.2 Å². The van der Waals surface area contributed by atoms with E-state index in [0.717, 1.165) is 30.0 Å². The average Bonchev–Trinajstić information content (AvgIpc) is 3.34. The summed E-state index contributed by atoms with van der Waals surface area (Å²) in [5.41, 5.74) is 2.88. The van der Waals surface area contributed by atoms with E-state index in [0.29, 0.717) is 26.1 Å². The Morgan fingerprint density at radius 1 is 0.894 bits per heavy atom. The number of hydrogen-bond donors (Lipinski definition) is 1. The van der Waals surface area contributed by atoms with Crippen LogP contribution in [0.15, 0.2) is 78.9 Å². The molecule has 4 aliphatic rings. The number of likely N-dealkylation sites (tertiary alicyclic amines) is 1. The van der Waals surface area contributed by atoms with Gasteiger partial charge in [0.2, 0.25) is 11.8 Å². The molecule has 0 aliphatic carbocycles. The van der Waals surface area contributed by atoms with E-state index in [9.17, 15) is 19.5 Å². The highest BCUT2D eigenvalue weighted by Gasteiger charge is 2.74. The van der Waals surface area contributed by atoms with Gasteiger partial charge in [0.1, 0.15) is 6.04 Å². The van der Waals surface area contributed by atoms with Crippen LogP contribution in [0.3, 0.4) is 0 Å². The third kappa shape index (κ3) is 5.69. The zero-order valence-electron chi connectivity index (χ0n) is 28.2. The van der Waals surface area contributed by atoms with Crippen LogP contribution in [0, 0.1) is 17.8 Å². The van der Waals surface area contributed by atoms with E-state index in [1.807, 2.05) is 71.6 Å². The molecule has 8 nitrogen and oxygen atoms in total. The van der Waals surface area contributed by atoms with E-state index in [2.05, 4.69) is 51.7 Å². The maximum atomic E-state index is 15.0. The van der Waals surface area contributed by atoms with Gasteiger partial charge in [-0.1, -0.05) is 68.5 Å². The molecular weight excluding hydrogens is 609 g/mol. The lowest BCUT2D eigenvalue weighted by Gasteiger charge is -2.40. The van der Waals surface area contributed by atoms with Gasteiger partial charge in [0.05, 0.1) is 29.2 Å². The first-order valence-corrected chi connectivity index (χ1v) is 17.9. The molecule has 1 N–H and O–H groups in total. The van der Waals surface area contributed by atoms with Gasteiger partial charge in [0, 0.05) is 48.8 Å². The van der Waals surface area contributed by atoms with E-state index in [4.69, 9.17) is 0 Å². The second kappa shape index (κ2) is 13.2. The fourth-order valence-corrected chi connectivity index (χ4v) is 10.5. The smallest absolute Gasteiger partial charge is 0.251 e. The van der Waals surface area contributed by atoms with Crippen LogP contribution in [0.25, 0.3) is 0 Å². The van der Waals surface area contributed by atoms with Crippen LogP contribution in [0.2, 0.25) is 0 Å². The standard InChI is InChI=1S/C38H48N4O4S/c1-6-39(7-2)28-15-17-29(18-16-28)41-22-12-20-38-32(35(45)42(33(38)36(41)46)30(25-43)23-26(3)4)31-34(44)40(21-11-19-37(31,5)47-38)24-27-13-9-8-10-14-27/h8-20,26,30-33,43H,6-7,21-25H2,1-5H3/t30-,31-,32+,33?,37+,38+/m1/s1. The highest BCUT2D eigenvalue weighted by atomic mass is 32.2. The first-order chi connectivity index (χ1) is 22.6. The van der Waals surface area contributed by atoms with Gasteiger partial charge in [-0.3, -0.25) is 14.4 Å². The molecule has 47 heavy (non-hydrogen) atoms. The molecule has 0 aromatic heterocycles. The number of thioether (sulfide) groups is 1. The largest absolute Gasteiger partial charge is 0.394 e. The van der Waals surface area contributed by atoms with Crippen LogP contribution in [0.5, 0.6) is 0 Å². The zero-order chi connectivity index (χ0) is 33.5. The summed E-state index contributed by atoms with van der Waals surface area (Å²) in [7, 11) is 0. The summed E-state index contributed by atoms with van der Waals surface area (Å²) in [5, 5.41) is 10.7. The van der Waals surface area contributed by atoms with Gasteiger partial charge in [-0.25, -0.2) is 0 Å². The Hall–Kier alpha value is -3.56. The highest BCUT2D eigenvalue weighted by molar-refractivity contribution is 8.02. The van der Waals surface area contributed by atoms with Crippen LogP contribution < -0.4 is 9.80 Å². The molecule has 6 atom stereocenters. The van der Waals surface area contributed by atoms with Crippen molar-refractivity contribution < 1.29 is 19.5 Å². The van der Waals surface area contributed by atoms with E-state index < -0.39 is 33.4 Å². The van der Waals surface area contributed by atoms with E-state index in [1.165, 1.54) is 0 Å². The Balaban J connectivity index is 1.43. The number of benzene rings is 2. The molecule has 6 rings (SSSR count). The van der Waals surface area contributed by atoms with Gasteiger partial charge in [-0.15, -0.1) is 11.8 Å². The Morgan fingerprint density at radius 3 is 2.21 bits per heavy atom. The first kappa shape index (κ1) is 33.3. The number of rotatable bonds is 10. The number of hydrogen-bond acceptors (Lipinski definition) is 6. The molecule has 3 amide bonds. The maximum Gasteiger partial charge on any atom is 0.251 e. The van der Waals surface area contributed by atoms with Gasteiger partial charge in [-0.05, 0) is 62.9 Å². The molecule has 1 spiro atoms. The summed E-state index contributed by atoms with van der Waals surface area (Å²) in [6.07, 6.45) is 8.76. The normalized spacial score (nSPS) is 29.1. The van der Waals surface area contributed by atoms with Crippen LogP contribution in [0.4, 0.5) is 11.4 Å². The van der Waals surface area contributed by atoms with Crippen molar-refractivity contribution in [3.63, 3.8) is 0 Å². The maximum absolute atomic E-state index is 15.0. The van der Waals surface area contributed by atoms with Crippen molar-refractivity contribution in [1.29, 1.82) is 0 Å². The molecule has 0 radical (unpaired) electrons. The molecule has 2 aromatic carbocycles. The van der Waals surface area contributed by atoms with Gasteiger partial charge < -0.3 is 24.7 Å². The molecule has 2 aromatic rings. The lowest BCUT2D eigenvalue weighted by molar-refractivity contribution is -0.145. The molecule has 250 valence electrons. The van der Waals surface area contributed by atoms with Crippen molar-refractivity contribution in [1.82, 2.24) is 9.80 Å². The molecular formula is C38H48N4O4S. The minimum absolute atomic E-state index is 0.0666. The van der Waals surface area contributed by atoms with E-state index >= 15 is 0 Å². The summed E-state index contributed by atoms with van der Waals surface area (Å²) in [5.74, 6) is -1.67. The summed E-state index contributed by atoms with van der Waals surface area (Å²) < 4.78 is -1.66. The Morgan fingerprint density at radius 2 is 1.57 bits per heavy atom. The van der Waals surface area contributed by atoms with Crippen LogP contribution in [-0.2, 0) is 20.9 Å². The van der Waals surface area contributed by atoms with Gasteiger partial charge in [0.25, 0.3) is 5.91 Å². The van der Waals surface area contributed by atoms with Crippen LogP contribution in [0.1, 0.15) is 46.6 Å². The topological polar surface area (TPSA) is 84.4 Å². The average molecular weight is 657 g/mol. The highest BCUT2D eigenvalue weighted by Crippen LogP contribution is 2.66.